The first-order chi connectivity index (χ1) is 14.8. The quantitative estimate of drug-likeness (QED) is 0.378. The molecule has 0 saturated heterocycles. The van der Waals surface area contributed by atoms with Gasteiger partial charge in [0.25, 0.3) is 0 Å². The van der Waals surface area contributed by atoms with Gasteiger partial charge in [-0.15, -0.1) is 11.3 Å². The van der Waals surface area contributed by atoms with E-state index in [2.05, 4.69) is 42.8 Å². The molecule has 30 heavy (non-hydrogen) atoms. The van der Waals surface area contributed by atoms with Crippen molar-refractivity contribution in [1.29, 1.82) is 0 Å². The molecule has 2 N–H and O–H groups in total. The van der Waals surface area contributed by atoms with Crippen molar-refractivity contribution in [2.75, 3.05) is 18.5 Å². The average Bonchev–Trinajstić information content (AvgIpc) is 3.39. The van der Waals surface area contributed by atoms with Crippen LogP contribution in [0.5, 0.6) is 5.75 Å². The summed E-state index contributed by atoms with van der Waals surface area (Å²) in [6.07, 6.45) is 2.40. The lowest BCUT2D eigenvalue weighted by Gasteiger charge is -2.08. The van der Waals surface area contributed by atoms with E-state index in [0.29, 0.717) is 6.61 Å². The minimum atomic E-state index is 0.661. The van der Waals surface area contributed by atoms with Crippen molar-refractivity contribution < 1.29 is 4.74 Å². The standard InChI is InChI=1S/C23H21N5OS/c1-2-29-16-9-7-15(8-10-16)17-13-30-23-21(17)22(25-14-26-23)24-12-11-20-27-18-5-3-4-6-19(18)28-20/h3-10,13-14H,2,11-12H2,1H3,(H,27,28)(H,24,25,26). The summed E-state index contributed by atoms with van der Waals surface area (Å²) in [5.41, 5.74) is 4.31. The summed E-state index contributed by atoms with van der Waals surface area (Å²) < 4.78 is 5.56. The van der Waals surface area contributed by atoms with E-state index < -0.39 is 0 Å². The Balaban J connectivity index is 1.38. The first-order valence-corrected chi connectivity index (χ1v) is 10.8. The van der Waals surface area contributed by atoms with E-state index in [0.717, 1.165) is 62.7 Å². The highest BCUT2D eigenvalue weighted by Crippen LogP contribution is 2.37. The third-order valence-corrected chi connectivity index (χ3v) is 5.83. The number of rotatable bonds is 7. The second kappa shape index (κ2) is 8.12. The van der Waals surface area contributed by atoms with Crippen molar-refractivity contribution in [1.82, 2.24) is 19.9 Å². The molecular formula is C23H21N5OS. The number of ether oxygens (including phenoxy) is 1. The van der Waals surface area contributed by atoms with Gasteiger partial charge in [-0.3, -0.25) is 0 Å². The Hall–Kier alpha value is -3.45. The SMILES string of the molecule is CCOc1ccc(-c2csc3ncnc(NCCc4nc5ccccc5[nH]4)c23)cc1. The van der Waals surface area contributed by atoms with Crippen molar-refractivity contribution in [2.45, 2.75) is 13.3 Å². The van der Waals surface area contributed by atoms with Crippen LogP contribution in [0.25, 0.3) is 32.4 Å². The number of anilines is 1. The number of thiophene rings is 1. The molecule has 0 fully saturated rings. The highest BCUT2D eigenvalue weighted by Gasteiger charge is 2.13. The van der Waals surface area contributed by atoms with Gasteiger partial charge < -0.3 is 15.0 Å². The molecule has 0 atom stereocenters. The van der Waals surface area contributed by atoms with Gasteiger partial charge in [0.05, 0.1) is 23.0 Å². The van der Waals surface area contributed by atoms with E-state index >= 15 is 0 Å². The highest BCUT2D eigenvalue weighted by molar-refractivity contribution is 7.17. The van der Waals surface area contributed by atoms with Gasteiger partial charge in [-0.25, -0.2) is 15.0 Å². The van der Waals surface area contributed by atoms with Crippen LogP contribution in [-0.2, 0) is 6.42 Å². The van der Waals surface area contributed by atoms with Crippen LogP contribution in [0.1, 0.15) is 12.7 Å². The maximum absolute atomic E-state index is 5.56. The Kier molecular flexibility index (Phi) is 5.03. The first kappa shape index (κ1) is 18.6. The molecule has 0 radical (unpaired) electrons. The Morgan fingerprint density at radius 2 is 1.93 bits per heavy atom. The number of benzene rings is 2. The van der Waals surface area contributed by atoms with Gasteiger partial charge in [-0.1, -0.05) is 24.3 Å². The van der Waals surface area contributed by atoms with Crippen LogP contribution in [0.3, 0.4) is 0 Å². The van der Waals surface area contributed by atoms with E-state index in [1.807, 2.05) is 43.3 Å². The maximum atomic E-state index is 5.56. The number of hydrogen-bond acceptors (Lipinski definition) is 6. The fourth-order valence-corrected chi connectivity index (χ4v) is 4.46. The molecule has 7 heteroatoms. The lowest BCUT2D eigenvalue weighted by Crippen LogP contribution is -2.07. The van der Waals surface area contributed by atoms with Gasteiger partial charge in [-0.05, 0) is 36.8 Å². The smallest absolute Gasteiger partial charge is 0.138 e. The molecule has 0 aliphatic rings. The molecule has 0 bridgehead atoms. The summed E-state index contributed by atoms with van der Waals surface area (Å²) in [6, 6.07) is 16.2. The number of aromatic nitrogens is 4. The minimum absolute atomic E-state index is 0.661. The van der Waals surface area contributed by atoms with Crippen LogP contribution in [0.4, 0.5) is 5.82 Å². The number of H-pyrrole nitrogens is 1. The molecular weight excluding hydrogens is 394 g/mol. The monoisotopic (exact) mass is 415 g/mol. The molecule has 2 aromatic carbocycles. The number of hydrogen-bond donors (Lipinski definition) is 2. The van der Waals surface area contributed by atoms with Crippen LogP contribution < -0.4 is 10.1 Å². The Morgan fingerprint density at radius 3 is 2.77 bits per heavy atom. The molecule has 6 nitrogen and oxygen atoms in total. The summed E-state index contributed by atoms with van der Waals surface area (Å²) in [5, 5.41) is 6.67. The number of imidazole rings is 1. The third kappa shape index (κ3) is 3.59. The molecule has 150 valence electrons. The number of aromatic amines is 1. The second-order valence-electron chi connectivity index (χ2n) is 6.89. The van der Waals surface area contributed by atoms with Crippen LogP contribution in [0, 0.1) is 0 Å². The van der Waals surface area contributed by atoms with E-state index in [9.17, 15) is 0 Å². The predicted molar refractivity (Wildman–Crippen MR) is 122 cm³/mol. The minimum Gasteiger partial charge on any atom is -0.494 e. The summed E-state index contributed by atoms with van der Waals surface area (Å²) in [7, 11) is 0. The van der Waals surface area contributed by atoms with Crippen molar-refractivity contribution in [3.8, 4) is 16.9 Å². The van der Waals surface area contributed by atoms with Gasteiger partial charge in [0.15, 0.2) is 0 Å². The molecule has 0 aliphatic heterocycles. The molecule has 0 spiro atoms. The van der Waals surface area contributed by atoms with Gasteiger partial charge in [0.2, 0.25) is 0 Å². The van der Waals surface area contributed by atoms with Crippen molar-refractivity contribution >= 4 is 38.4 Å². The Labute approximate surface area is 178 Å². The van der Waals surface area contributed by atoms with Crippen LogP contribution in [0.2, 0.25) is 0 Å². The van der Waals surface area contributed by atoms with Crippen molar-refractivity contribution in [3.05, 3.63) is 66.1 Å². The maximum Gasteiger partial charge on any atom is 0.138 e. The van der Waals surface area contributed by atoms with Crippen LogP contribution >= 0.6 is 11.3 Å². The lowest BCUT2D eigenvalue weighted by molar-refractivity contribution is 0.340. The summed E-state index contributed by atoms with van der Waals surface area (Å²) in [6.45, 7) is 3.37. The molecule has 0 saturated carbocycles. The summed E-state index contributed by atoms with van der Waals surface area (Å²) >= 11 is 1.63. The zero-order valence-corrected chi connectivity index (χ0v) is 17.4. The first-order valence-electron chi connectivity index (χ1n) is 9.95. The predicted octanol–water partition coefficient (Wildman–Crippen LogP) is 5.29. The van der Waals surface area contributed by atoms with E-state index in [4.69, 9.17) is 4.74 Å². The van der Waals surface area contributed by atoms with Gasteiger partial charge in [0, 0.05) is 23.9 Å². The van der Waals surface area contributed by atoms with E-state index in [1.54, 1.807) is 17.7 Å². The topological polar surface area (TPSA) is 75.7 Å². The van der Waals surface area contributed by atoms with Crippen molar-refractivity contribution in [2.24, 2.45) is 0 Å². The van der Waals surface area contributed by atoms with Gasteiger partial charge in [0.1, 0.15) is 28.5 Å². The fourth-order valence-electron chi connectivity index (χ4n) is 3.54. The number of nitrogens with one attached hydrogen (secondary N) is 2. The fraction of sp³-hybridized carbons (Fsp3) is 0.174. The normalized spacial score (nSPS) is 11.2. The zero-order chi connectivity index (χ0) is 20.3. The van der Waals surface area contributed by atoms with E-state index in [-0.39, 0.29) is 0 Å². The van der Waals surface area contributed by atoms with Gasteiger partial charge >= 0.3 is 0 Å². The number of para-hydroxylation sites is 2. The zero-order valence-electron chi connectivity index (χ0n) is 16.6. The van der Waals surface area contributed by atoms with Crippen LogP contribution in [0.15, 0.2) is 60.2 Å². The molecule has 0 aliphatic carbocycles. The second-order valence-corrected chi connectivity index (χ2v) is 7.74. The molecule has 0 unspecified atom stereocenters. The highest BCUT2D eigenvalue weighted by atomic mass is 32.1. The molecule has 3 aromatic heterocycles. The Morgan fingerprint density at radius 1 is 1.07 bits per heavy atom. The summed E-state index contributed by atoms with van der Waals surface area (Å²) in [4.78, 5) is 18.0. The largest absolute Gasteiger partial charge is 0.494 e. The van der Waals surface area contributed by atoms with E-state index in [1.165, 1.54) is 0 Å². The molecule has 5 aromatic rings. The third-order valence-electron chi connectivity index (χ3n) is 4.94. The molecule has 3 heterocycles. The summed E-state index contributed by atoms with van der Waals surface area (Å²) in [5.74, 6) is 2.69. The lowest BCUT2D eigenvalue weighted by atomic mass is 10.1. The molecule has 0 amide bonds. The Bertz CT molecular complexity index is 1260. The average molecular weight is 416 g/mol. The number of nitrogens with zero attached hydrogens (tertiary/aromatic N) is 3. The van der Waals surface area contributed by atoms with Crippen LogP contribution in [-0.4, -0.2) is 33.1 Å². The number of fused-ring (bicyclic) bond motifs is 2. The van der Waals surface area contributed by atoms with Gasteiger partial charge in [-0.2, -0.15) is 0 Å². The molecule has 5 rings (SSSR count). The van der Waals surface area contributed by atoms with Crippen molar-refractivity contribution in [3.63, 3.8) is 0 Å².